The van der Waals surface area contributed by atoms with E-state index in [1.54, 1.807) is 0 Å². The van der Waals surface area contributed by atoms with Crippen LogP contribution in [0.4, 0.5) is 11.6 Å². The second-order valence-electron chi connectivity index (χ2n) is 3.85. The zero-order valence-electron chi connectivity index (χ0n) is 9.49. The summed E-state index contributed by atoms with van der Waals surface area (Å²) in [5.74, 6) is 1.85. The smallest absolute Gasteiger partial charge is 0.128 e. The first kappa shape index (κ1) is 11.8. The van der Waals surface area contributed by atoms with Gasteiger partial charge >= 0.3 is 0 Å². The Morgan fingerprint density at radius 2 is 2.00 bits per heavy atom. The summed E-state index contributed by atoms with van der Waals surface area (Å²) in [7, 11) is 1.83. The average Bonchev–Trinajstić information content (AvgIpc) is 2.26. The number of rotatable bonds is 5. The molecule has 1 atom stereocenters. The molecule has 0 saturated carbocycles. The predicted molar refractivity (Wildman–Crippen MR) is 63.1 cm³/mol. The number of hydrogen-bond donors (Lipinski definition) is 3. The molecular formula is C11H19N3O. The van der Waals surface area contributed by atoms with Gasteiger partial charge in [-0.3, -0.25) is 0 Å². The molecule has 0 bridgehead atoms. The molecule has 0 spiro atoms. The van der Waals surface area contributed by atoms with E-state index >= 15 is 0 Å². The highest BCUT2D eigenvalue weighted by Crippen LogP contribution is 2.09. The van der Waals surface area contributed by atoms with Gasteiger partial charge in [0.15, 0.2) is 0 Å². The van der Waals surface area contributed by atoms with E-state index in [1.165, 1.54) is 0 Å². The van der Waals surface area contributed by atoms with Crippen LogP contribution in [0.2, 0.25) is 0 Å². The molecule has 1 rings (SSSR count). The lowest BCUT2D eigenvalue weighted by Crippen LogP contribution is -2.25. The van der Waals surface area contributed by atoms with Gasteiger partial charge in [0, 0.05) is 13.6 Å². The van der Waals surface area contributed by atoms with E-state index in [4.69, 9.17) is 0 Å². The van der Waals surface area contributed by atoms with Gasteiger partial charge in [-0.15, -0.1) is 0 Å². The number of aliphatic hydroxyl groups is 1. The van der Waals surface area contributed by atoms with Crippen molar-refractivity contribution in [1.82, 2.24) is 4.98 Å². The van der Waals surface area contributed by atoms with Crippen molar-refractivity contribution in [3.8, 4) is 0 Å². The second-order valence-corrected chi connectivity index (χ2v) is 3.85. The van der Waals surface area contributed by atoms with Crippen LogP contribution in [0.1, 0.15) is 13.8 Å². The van der Waals surface area contributed by atoms with Crippen molar-refractivity contribution in [3.05, 3.63) is 18.2 Å². The maximum atomic E-state index is 9.61. The molecular weight excluding hydrogens is 190 g/mol. The molecule has 84 valence electrons. The van der Waals surface area contributed by atoms with Crippen molar-refractivity contribution in [2.75, 3.05) is 24.2 Å². The van der Waals surface area contributed by atoms with E-state index in [-0.39, 0.29) is 12.0 Å². The first-order chi connectivity index (χ1) is 7.13. The van der Waals surface area contributed by atoms with Crippen LogP contribution in [0.25, 0.3) is 0 Å². The number of pyridine rings is 1. The Bertz CT molecular complexity index is 302. The highest BCUT2D eigenvalue weighted by atomic mass is 16.3. The molecule has 0 aliphatic heterocycles. The summed E-state index contributed by atoms with van der Waals surface area (Å²) >= 11 is 0. The van der Waals surface area contributed by atoms with Crippen LogP contribution in [0.3, 0.4) is 0 Å². The highest BCUT2D eigenvalue weighted by molar-refractivity contribution is 5.44. The molecule has 1 aromatic rings. The van der Waals surface area contributed by atoms with Gasteiger partial charge in [0.1, 0.15) is 11.6 Å². The third-order valence-corrected chi connectivity index (χ3v) is 2.27. The Balaban J connectivity index is 2.50. The van der Waals surface area contributed by atoms with Crippen LogP contribution in [0.15, 0.2) is 18.2 Å². The Morgan fingerprint density at radius 1 is 1.33 bits per heavy atom. The molecule has 0 aliphatic rings. The van der Waals surface area contributed by atoms with E-state index in [0.29, 0.717) is 6.54 Å². The van der Waals surface area contributed by atoms with Crippen LogP contribution in [0, 0.1) is 5.92 Å². The quantitative estimate of drug-likeness (QED) is 0.688. The van der Waals surface area contributed by atoms with E-state index in [1.807, 2.05) is 39.1 Å². The lowest BCUT2D eigenvalue weighted by molar-refractivity contribution is 0.138. The summed E-state index contributed by atoms with van der Waals surface area (Å²) in [6.07, 6.45) is -0.343. The maximum absolute atomic E-state index is 9.61. The van der Waals surface area contributed by atoms with Gasteiger partial charge in [0.2, 0.25) is 0 Å². The van der Waals surface area contributed by atoms with Crippen molar-refractivity contribution in [2.45, 2.75) is 20.0 Å². The zero-order valence-corrected chi connectivity index (χ0v) is 9.49. The molecule has 0 radical (unpaired) electrons. The van der Waals surface area contributed by atoms with Crippen molar-refractivity contribution < 1.29 is 5.11 Å². The molecule has 1 aromatic heterocycles. The van der Waals surface area contributed by atoms with Crippen LogP contribution in [-0.2, 0) is 0 Å². The minimum Gasteiger partial charge on any atom is -0.391 e. The summed E-state index contributed by atoms with van der Waals surface area (Å²) < 4.78 is 0. The summed E-state index contributed by atoms with van der Waals surface area (Å²) in [5.41, 5.74) is 0. The lowest BCUT2D eigenvalue weighted by atomic mass is 10.1. The number of anilines is 2. The van der Waals surface area contributed by atoms with E-state index in [9.17, 15) is 5.11 Å². The van der Waals surface area contributed by atoms with E-state index in [0.717, 1.165) is 11.6 Å². The molecule has 1 heterocycles. The number of aliphatic hydroxyl groups excluding tert-OH is 1. The molecule has 0 aromatic carbocycles. The van der Waals surface area contributed by atoms with Gasteiger partial charge in [0.25, 0.3) is 0 Å². The Hall–Kier alpha value is -1.29. The van der Waals surface area contributed by atoms with Gasteiger partial charge in [-0.2, -0.15) is 0 Å². The fraction of sp³-hybridized carbons (Fsp3) is 0.545. The van der Waals surface area contributed by atoms with E-state index in [2.05, 4.69) is 15.6 Å². The zero-order chi connectivity index (χ0) is 11.3. The van der Waals surface area contributed by atoms with Crippen molar-refractivity contribution in [3.63, 3.8) is 0 Å². The monoisotopic (exact) mass is 209 g/mol. The van der Waals surface area contributed by atoms with Crippen LogP contribution in [-0.4, -0.2) is 29.8 Å². The van der Waals surface area contributed by atoms with Gasteiger partial charge in [-0.05, 0) is 18.1 Å². The second kappa shape index (κ2) is 5.56. The number of nitrogens with zero attached hydrogens (tertiary/aromatic N) is 1. The third kappa shape index (κ3) is 3.75. The summed E-state index contributed by atoms with van der Waals surface area (Å²) in [5, 5.41) is 15.7. The van der Waals surface area contributed by atoms with Crippen molar-refractivity contribution in [1.29, 1.82) is 0 Å². The van der Waals surface area contributed by atoms with E-state index < -0.39 is 0 Å². The largest absolute Gasteiger partial charge is 0.391 e. The molecule has 4 nitrogen and oxygen atoms in total. The molecule has 0 aliphatic carbocycles. The standard InChI is InChI=1S/C11H19N3O/c1-8(2)9(15)7-13-11-6-4-5-10(12-3)14-11/h4-6,8-9,15H,7H2,1-3H3,(H2,12,13,14). The summed E-state index contributed by atoms with van der Waals surface area (Å²) in [6, 6.07) is 5.70. The number of nitrogens with one attached hydrogen (secondary N) is 2. The first-order valence-corrected chi connectivity index (χ1v) is 5.20. The topological polar surface area (TPSA) is 57.2 Å². The fourth-order valence-corrected chi connectivity index (χ4v) is 1.12. The summed E-state index contributed by atoms with van der Waals surface area (Å²) in [4.78, 5) is 4.29. The third-order valence-electron chi connectivity index (χ3n) is 2.27. The first-order valence-electron chi connectivity index (χ1n) is 5.20. The molecule has 0 amide bonds. The van der Waals surface area contributed by atoms with Gasteiger partial charge in [-0.1, -0.05) is 19.9 Å². The van der Waals surface area contributed by atoms with Crippen LogP contribution < -0.4 is 10.6 Å². The average molecular weight is 209 g/mol. The Kier molecular flexibility index (Phi) is 4.37. The fourth-order valence-electron chi connectivity index (χ4n) is 1.12. The van der Waals surface area contributed by atoms with Gasteiger partial charge in [-0.25, -0.2) is 4.98 Å². The molecule has 0 saturated heterocycles. The molecule has 3 N–H and O–H groups in total. The predicted octanol–water partition coefficient (Wildman–Crippen LogP) is 1.55. The molecule has 15 heavy (non-hydrogen) atoms. The molecule has 0 fully saturated rings. The minimum absolute atomic E-state index is 0.255. The normalized spacial score (nSPS) is 12.6. The SMILES string of the molecule is CNc1cccc(NCC(O)C(C)C)n1. The van der Waals surface area contributed by atoms with Gasteiger partial charge < -0.3 is 15.7 Å². The van der Waals surface area contributed by atoms with Crippen molar-refractivity contribution >= 4 is 11.6 Å². The maximum Gasteiger partial charge on any atom is 0.128 e. The number of aromatic nitrogens is 1. The lowest BCUT2D eigenvalue weighted by Gasteiger charge is -2.15. The van der Waals surface area contributed by atoms with Gasteiger partial charge in [0.05, 0.1) is 6.10 Å². The minimum atomic E-state index is -0.343. The number of hydrogen-bond acceptors (Lipinski definition) is 4. The van der Waals surface area contributed by atoms with Crippen molar-refractivity contribution in [2.24, 2.45) is 5.92 Å². The molecule has 1 unspecified atom stereocenters. The Labute approximate surface area is 90.7 Å². The highest BCUT2D eigenvalue weighted by Gasteiger charge is 2.08. The van der Waals surface area contributed by atoms with Crippen LogP contribution >= 0.6 is 0 Å². The Morgan fingerprint density at radius 3 is 2.60 bits per heavy atom. The van der Waals surface area contributed by atoms with Crippen LogP contribution in [0.5, 0.6) is 0 Å². The summed E-state index contributed by atoms with van der Waals surface area (Å²) in [6.45, 7) is 4.51. The molecule has 4 heteroatoms.